The molecule has 0 saturated carbocycles. The molecule has 148 valence electrons. The van der Waals surface area contributed by atoms with Crippen LogP contribution in [0.25, 0.3) is 20.7 Å². The lowest BCUT2D eigenvalue weighted by Crippen LogP contribution is -2.35. The van der Waals surface area contributed by atoms with Gasteiger partial charge in [-0.15, -0.1) is 29.3 Å². The number of fused-ring (bicyclic) bond motifs is 1. The third-order valence-electron chi connectivity index (χ3n) is 4.44. The van der Waals surface area contributed by atoms with E-state index in [0.717, 1.165) is 23.3 Å². The van der Waals surface area contributed by atoms with Gasteiger partial charge >= 0.3 is 0 Å². The van der Waals surface area contributed by atoms with Crippen molar-refractivity contribution in [2.45, 2.75) is 44.4 Å². The smallest absolute Gasteiger partial charge is 0.263 e. The molecule has 3 aromatic heterocycles. The van der Waals surface area contributed by atoms with Crippen molar-refractivity contribution in [1.29, 1.82) is 0 Å². The van der Waals surface area contributed by atoms with E-state index in [-0.39, 0.29) is 23.3 Å². The molecule has 1 amide bonds. The van der Waals surface area contributed by atoms with Crippen LogP contribution in [0.5, 0.6) is 0 Å². The van der Waals surface area contributed by atoms with Crippen molar-refractivity contribution in [3.8, 4) is 10.4 Å². The number of allylic oxidation sites excluding steroid dienone is 1. The fourth-order valence-electron chi connectivity index (χ4n) is 2.91. The van der Waals surface area contributed by atoms with Gasteiger partial charge in [-0.3, -0.25) is 14.2 Å². The first-order valence-electron chi connectivity index (χ1n) is 9.17. The largest absolute Gasteiger partial charge is 0.353 e. The summed E-state index contributed by atoms with van der Waals surface area (Å²) in [7, 11) is 0. The number of hydrogen-bond acceptors (Lipinski definition) is 6. The molecule has 0 bridgehead atoms. The molecule has 3 aromatic rings. The number of rotatable bonds is 9. The van der Waals surface area contributed by atoms with Gasteiger partial charge in [0.15, 0.2) is 5.16 Å². The van der Waals surface area contributed by atoms with Crippen molar-refractivity contribution in [1.82, 2.24) is 14.9 Å². The van der Waals surface area contributed by atoms with Gasteiger partial charge in [0.2, 0.25) is 5.91 Å². The molecule has 0 aromatic carbocycles. The Morgan fingerprint density at radius 2 is 2.18 bits per heavy atom. The standard InChI is InChI=1S/C20H23N3O2S3/c1-4-9-23-19(25)17-14(15-8-7-10-26-15)11-27-18(17)22-20(23)28-12-16(24)21-13(5-2)6-3/h4,7-8,10-11,13H,1,5-6,9,12H2,2-3H3,(H,21,24). The summed E-state index contributed by atoms with van der Waals surface area (Å²) in [5, 5.41) is 8.19. The third kappa shape index (κ3) is 4.39. The molecular formula is C20H23N3O2S3. The molecule has 1 N–H and O–H groups in total. The minimum absolute atomic E-state index is 0.0383. The van der Waals surface area contributed by atoms with Gasteiger partial charge < -0.3 is 5.32 Å². The fourth-order valence-corrected chi connectivity index (χ4v) is 5.53. The van der Waals surface area contributed by atoms with E-state index < -0.39 is 0 Å². The first-order valence-corrected chi connectivity index (χ1v) is 11.9. The predicted molar refractivity (Wildman–Crippen MR) is 121 cm³/mol. The highest BCUT2D eigenvalue weighted by Gasteiger charge is 2.18. The molecule has 28 heavy (non-hydrogen) atoms. The number of hydrogen-bond donors (Lipinski definition) is 1. The minimum Gasteiger partial charge on any atom is -0.353 e. The average Bonchev–Trinajstić information content (AvgIpc) is 3.36. The van der Waals surface area contributed by atoms with Crippen molar-refractivity contribution in [3.05, 3.63) is 45.9 Å². The number of nitrogens with zero attached hydrogens (tertiary/aromatic N) is 2. The van der Waals surface area contributed by atoms with Crippen LogP contribution in [0.3, 0.4) is 0 Å². The quantitative estimate of drug-likeness (QED) is 0.300. The summed E-state index contributed by atoms with van der Waals surface area (Å²) in [6, 6.07) is 4.17. The second-order valence-corrected chi connectivity index (χ2v) is 9.02. The summed E-state index contributed by atoms with van der Waals surface area (Å²) >= 11 is 4.36. The van der Waals surface area contributed by atoms with Gasteiger partial charge in [0.05, 0.1) is 11.1 Å². The normalized spacial score (nSPS) is 11.2. The van der Waals surface area contributed by atoms with Crippen LogP contribution in [0.4, 0.5) is 0 Å². The van der Waals surface area contributed by atoms with Crippen LogP contribution in [0.2, 0.25) is 0 Å². The summed E-state index contributed by atoms with van der Waals surface area (Å²) in [5.74, 6) is 0.193. The van der Waals surface area contributed by atoms with E-state index in [1.54, 1.807) is 22.0 Å². The van der Waals surface area contributed by atoms with E-state index >= 15 is 0 Å². The van der Waals surface area contributed by atoms with Crippen LogP contribution < -0.4 is 10.9 Å². The molecule has 3 rings (SSSR count). The zero-order valence-electron chi connectivity index (χ0n) is 15.9. The maximum Gasteiger partial charge on any atom is 0.263 e. The van der Waals surface area contributed by atoms with Crippen molar-refractivity contribution in [3.63, 3.8) is 0 Å². The number of nitrogens with one attached hydrogen (secondary N) is 1. The first-order chi connectivity index (χ1) is 13.6. The summed E-state index contributed by atoms with van der Waals surface area (Å²) in [6.07, 6.45) is 3.48. The molecule has 8 heteroatoms. The van der Waals surface area contributed by atoms with Gasteiger partial charge in [-0.25, -0.2) is 4.98 Å². The molecule has 0 saturated heterocycles. The van der Waals surface area contributed by atoms with E-state index in [1.807, 2.05) is 22.9 Å². The topological polar surface area (TPSA) is 64.0 Å². The fraction of sp³-hybridized carbons (Fsp3) is 0.350. The van der Waals surface area contributed by atoms with Crippen LogP contribution >= 0.6 is 34.4 Å². The summed E-state index contributed by atoms with van der Waals surface area (Å²) in [6.45, 7) is 8.24. The highest BCUT2D eigenvalue weighted by Crippen LogP contribution is 2.34. The van der Waals surface area contributed by atoms with Crippen LogP contribution in [-0.4, -0.2) is 27.3 Å². The summed E-state index contributed by atoms with van der Waals surface area (Å²) in [4.78, 5) is 31.9. The van der Waals surface area contributed by atoms with Gasteiger partial charge in [-0.2, -0.15) is 0 Å². The lowest BCUT2D eigenvalue weighted by atomic mass is 10.2. The van der Waals surface area contributed by atoms with Crippen molar-refractivity contribution < 1.29 is 4.79 Å². The lowest BCUT2D eigenvalue weighted by Gasteiger charge is -2.15. The Balaban J connectivity index is 1.92. The Hall–Kier alpha value is -1.90. The minimum atomic E-state index is -0.0857. The molecule has 0 unspecified atom stereocenters. The highest BCUT2D eigenvalue weighted by molar-refractivity contribution is 7.99. The molecule has 0 aliphatic carbocycles. The molecule has 0 aliphatic heterocycles. The molecule has 0 radical (unpaired) electrons. The van der Waals surface area contributed by atoms with Gasteiger partial charge in [-0.1, -0.05) is 37.8 Å². The van der Waals surface area contributed by atoms with Crippen LogP contribution in [0.1, 0.15) is 26.7 Å². The van der Waals surface area contributed by atoms with E-state index in [4.69, 9.17) is 4.98 Å². The van der Waals surface area contributed by atoms with E-state index in [9.17, 15) is 9.59 Å². The molecule has 0 aliphatic rings. The Morgan fingerprint density at radius 3 is 2.82 bits per heavy atom. The van der Waals surface area contributed by atoms with Crippen LogP contribution in [-0.2, 0) is 11.3 Å². The van der Waals surface area contributed by atoms with E-state index in [2.05, 4.69) is 25.7 Å². The number of thiophene rings is 2. The predicted octanol–water partition coefficient (Wildman–Crippen LogP) is 4.77. The lowest BCUT2D eigenvalue weighted by molar-refractivity contribution is -0.119. The SMILES string of the molecule is C=CCn1c(SCC(=O)NC(CC)CC)nc2scc(-c3cccs3)c2c1=O. The third-order valence-corrected chi connectivity index (χ3v) is 7.19. The van der Waals surface area contributed by atoms with Gasteiger partial charge in [0.1, 0.15) is 4.83 Å². The maximum absolute atomic E-state index is 13.2. The summed E-state index contributed by atoms with van der Waals surface area (Å²) in [5.41, 5.74) is 0.839. The monoisotopic (exact) mass is 433 g/mol. The van der Waals surface area contributed by atoms with Crippen molar-refractivity contribution in [2.75, 3.05) is 5.75 Å². The Bertz CT molecular complexity index is 1020. The maximum atomic E-state index is 13.2. The van der Waals surface area contributed by atoms with Gasteiger partial charge in [-0.05, 0) is 24.3 Å². The Kier molecular flexibility index (Phi) is 7.09. The first kappa shape index (κ1) is 20.8. The second kappa shape index (κ2) is 9.54. The molecular weight excluding hydrogens is 410 g/mol. The van der Waals surface area contributed by atoms with Crippen LogP contribution in [0, 0.1) is 0 Å². The van der Waals surface area contributed by atoms with E-state index in [0.29, 0.717) is 21.9 Å². The number of carbonyl (C=O) groups is 1. The Morgan fingerprint density at radius 1 is 1.39 bits per heavy atom. The van der Waals surface area contributed by atoms with Crippen molar-refractivity contribution >= 4 is 50.6 Å². The second-order valence-electron chi connectivity index (χ2n) is 6.28. The van der Waals surface area contributed by atoms with Crippen LogP contribution in [0.15, 0.2) is 45.5 Å². The number of thioether (sulfide) groups is 1. The zero-order chi connectivity index (χ0) is 20.1. The molecule has 5 nitrogen and oxygen atoms in total. The molecule has 0 fully saturated rings. The zero-order valence-corrected chi connectivity index (χ0v) is 18.4. The van der Waals surface area contributed by atoms with Gasteiger partial charge in [0.25, 0.3) is 5.56 Å². The summed E-state index contributed by atoms with van der Waals surface area (Å²) < 4.78 is 1.61. The van der Waals surface area contributed by atoms with Crippen molar-refractivity contribution in [2.24, 2.45) is 0 Å². The molecule has 0 spiro atoms. The molecule has 3 heterocycles. The number of carbonyl (C=O) groups excluding carboxylic acids is 1. The van der Waals surface area contributed by atoms with Gasteiger partial charge in [0, 0.05) is 28.4 Å². The van der Waals surface area contributed by atoms with E-state index in [1.165, 1.54) is 23.1 Å². The number of amides is 1. The number of aromatic nitrogens is 2. The Labute approximate surface area is 176 Å². The average molecular weight is 434 g/mol. The molecule has 0 atom stereocenters. The highest BCUT2D eigenvalue weighted by atomic mass is 32.2.